The van der Waals surface area contributed by atoms with Crippen molar-refractivity contribution in [2.75, 3.05) is 0 Å². The smallest absolute Gasteiger partial charge is 0.289 e. The second kappa shape index (κ2) is 7.31. The average Bonchev–Trinajstić information content (AvgIpc) is 3.10. The van der Waals surface area contributed by atoms with E-state index in [-0.39, 0.29) is 5.75 Å². The molecule has 0 radical (unpaired) electrons. The largest absolute Gasteiger partial charge is 0.507 e. The number of carbonyl (C=O) groups is 1. The summed E-state index contributed by atoms with van der Waals surface area (Å²) in [4.78, 5) is 12.1. The number of hydrazone groups is 1. The van der Waals surface area contributed by atoms with E-state index in [4.69, 9.17) is 0 Å². The Bertz CT molecular complexity index is 936. The average molecular weight is 399 g/mol. The van der Waals surface area contributed by atoms with Crippen LogP contribution in [0.2, 0.25) is 0 Å². The van der Waals surface area contributed by atoms with Gasteiger partial charge in [-0.15, -0.1) is 0 Å². The summed E-state index contributed by atoms with van der Waals surface area (Å²) < 4.78 is 0.816. The van der Waals surface area contributed by atoms with Crippen LogP contribution in [0.5, 0.6) is 5.75 Å². The molecule has 0 fully saturated rings. The van der Waals surface area contributed by atoms with Crippen molar-refractivity contribution >= 4 is 28.1 Å². The van der Waals surface area contributed by atoms with Crippen LogP contribution < -0.4 is 5.43 Å². The van der Waals surface area contributed by atoms with E-state index in [1.165, 1.54) is 6.21 Å². The van der Waals surface area contributed by atoms with Gasteiger partial charge in [-0.05, 0) is 30.7 Å². The van der Waals surface area contributed by atoms with Crippen LogP contribution in [0, 0.1) is 6.92 Å². The summed E-state index contributed by atoms with van der Waals surface area (Å²) in [6.07, 6.45) is 1.39. The molecule has 3 N–H and O–H groups in total. The van der Waals surface area contributed by atoms with Crippen LogP contribution in [0.4, 0.5) is 0 Å². The monoisotopic (exact) mass is 398 g/mol. The lowest BCUT2D eigenvalue weighted by Crippen LogP contribution is -2.18. The first kappa shape index (κ1) is 16.9. The number of benzene rings is 2. The molecule has 0 spiro atoms. The Morgan fingerprint density at radius 3 is 2.80 bits per heavy atom. The third-order valence-corrected chi connectivity index (χ3v) is 4.01. The van der Waals surface area contributed by atoms with Crippen LogP contribution in [0.15, 0.2) is 58.1 Å². The highest BCUT2D eigenvalue weighted by molar-refractivity contribution is 9.10. The van der Waals surface area contributed by atoms with Crippen molar-refractivity contribution in [3.05, 3.63) is 69.8 Å². The molecule has 7 heteroatoms. The Morgan fingerprint density at radius 1 is 1.28 bits per heavy atom. The number of halogens is 1. The van der Waals surface area contributed by atoms with Gasteiger partial charge in [0.15, 0.2) is 0 Å². The number of phenols is 1. The lowest BCUT2D eigenvalue weighted by atomic mass is 10.1. The molecule has 1 heterocycles. The highest BCUT2D eigenvalue weighted by atomic mass is 79.9. The van der Waals surface area contributed by atoms with E-state index in [1.807, 2.05) is 30.3 Å². The number of aromatic nitrogens is 2. The zero-order valence-electron chi connectivity index (χ0n) is 13.3. The van der Waals surface area contributed by atoms with E-state index >= 15 is 0 Å². The molecule has 1 aromatic heterocycles. The zero-order chi connectivity index (χ0) is 17.8. The molecule has 3 rings (SSSR count). The third-order valence-electron chi connectivity index (χ3n) is 3.56. The van der Waals surface area contributed by atoms with Crippen molar-refractivity contribution in [1.29, 1.82) is 0 Å². The summed E-state index contributed by atoms with van der Waals surface area (Å²) in [5, 5.41) is 20.7. The van der Waals surface area contributed by atoms with E-state index in [9.17, 15) is 9.90 Å². The van der Waals surface area contributed by atoms with Gasteiger partial charge < -0.3 is 5.11 Å². The van der Waals surface area contributed by atoms with E-state index < -0.39 is 5.91 Å². The minimum atomic E-state index is -0.419. The SMILES string of the molecule is Cc1cc(Br)cc(/C=N\NC(=O)c2cc(-c3ccccc3)n[nH]2)c1O. The number of nitrogens with one attached hydrogen (secondary N) is 2. The number of rotatable bonds is 4. The van der Waals surface area contributed by atoms with E-state index in [0.29, 0.717) is 22.5 Å². The third kappa shape index (κ3) is 3.95. The predicted octanol–water partition coefficient (Wildman–Crippen LogP) is 3.62. The standard InChI is InChI=1S/C18H15BrN4O2/c1-11-7-14(19)8-13(17(11)24)10-20-23-18(25)16-9-15(21-22-16)12-5-3-2-4-6-12/h2-10,24H,1H3,(H,21,22)(H,23,25)/b20-10-. The molecule has 0 unspecified atom stereocenters. The van der Waals surface area contributed by atoms with Crippen LogP contribution in [-0.2, 0) is 0 Å². The summed E-state index contributed by atoms with van der Waals surface area (Å²) in [6.45, 7) is 1.78. The van der Waals surface area contributed by atoms with Gasteiger partial charge in [-0.25, -0.2) is 5.43 Å². The summed E-state index contributed by atoms with van der Waals surface area (Å²) >= 11 is 3.36. The highest BCUT2D eigenvalue weighted by Crippen LogP contribution is 2.25. The number of amides is 1. The van der Waals surface area contributed by atoms with Crippen LogP contribution in [-0.4, -0.2) is 27.4 Å². The molecule has 0 aliphatic heterocycles. The number of carbonyl (C=O) groups excluding carboxylic acids is 1. The molecule has 3 aromatic rings. The number of aromatic amines is 1. The molecule has 0 saturated heterocycles. The fraction of sp³-hybridized carbons (Fsp3) is 0.0556. The first-order chi connectivity index (χ1) is 12.0. The maximum absolute atomic E-state index is 12.1. The van der Waals surface area contributed by atoms with Crippen molar-refractivity contribution in [1.82, 2.24) is 15.6 Å². The Hall–Kier alpha value is -2.93. The minimum absolute atomic E-state index is 0.120. The maximum Gasteiger partial charge on any atom is 0.289 e. The molecule has 0 bridgehead atoms. The van der Waals surface area contributed by atoms with E-state index in [1.54, 1.807) is 25.1 Å². The lowest BCUT2D eigenvalue weighted by molar-refractivity contribution is 0.0950. The van der Waals surface area contributed by atoms with Gasteiger partial charge in [0.2, 0.25) is 0 Å². The number of nitrogens with zero attached hydrogens (tertiary/aromatic N) is 2. The topological polar surface area (TPSA) is 90.4 Å². The van der Waals surface area contributed by atoms with Gasteiger partial charge in [-0.2, -0.15) is 10.2 Å². The summed E-state index contributed by atoms with van der Waals surface area (Å²) in [5.74, 6) is -0.300. The van der Waals surface area contributed by atoms with Gasteiger partial charge in [0, 0.05) is 15.6 Å². The lowest BCUT2D eigenvalue weighted by Gasteiger charge is -2.03. The number of aromatic hydroxyl groups is 1. The number of hydrogen-bond acceptors (Lipinski definition) is 4. The van der Waals surface area contributed by atoms with Crippen LogP contribution in [0.25, 0.3) is 11.3 Å². The molecule has 126 valence electrons. The number of phenolic OH excluding ortho intramolecular Hbond substituents is 1. The number of H-pyrrole nitrogens is 1. The second-order valence-corrected chi connectivity index (χ2v) is 6.31. The predicted molar refractivity (Wildman–Crippen MR) is 99.6 cm³/mol. The molecular formula is C18H15BrN4O2. The Balaban J connectivity index is 1.70. The molecular weight excluding hydrogens is 384 g/mol. The number of aryl methyl sites for hydroxylation is 1. The Labute approximate surface area is 152 Å². The molecule has 1 amide bonds. The first-order valence-corrected chi connectivity index (χ1v) is 8.27. The van der Waals surface area contributed by atoms with Crippen molar-refractivity contribution in [2.24, 2.45) is 5.10 Å². The highest BCUT2D eigenvalue weighted by Gasteiger charge is 2.10. The van der Waals surface area contributed by atoms with Crippen molar-refractivity contribution in [2.45, 2.75) is 6.92 Å². The van der Waals surface area contributed by atoms with Gasteiger partial charge in [0.1, 0.15) is 11.4 Å². The normalized spacial score (nSPS) is 11.0. The summed E-state index contributed by atoms with van der Waals surface area (Å²) in [7, 11) is 0. The second-order valence-electron chi connectivity index (χ2n) is 5.39. The van der Waals surface area contributed by atoms with Gasteiger partial charge in [0.05, 0.1) is 11.9 Å². The molecule has 0 saturated carbocycles. The summed E-state index contributed by atoms with van der Waals surface area (Å²) in [6, 6.07) is 14.7. The Kier molecular flexibility index (Phi) is 4.95. The molecule has 6 nitrogen and oxygen atoms in total. The summed E-state index contributed by atoms with van der Waals surface area (Å²) in [5.41, 5.74) is 5.51. The van der Waals surface area contributed by atoms with E-state index in [0.717, 1.165) is 10.0 Å². The molecule has 2 aromatic carbocycles. The molecule has 0 atom stereocenters. The maximum atomic E-state index is 12.1. The molecule has 0 aliphatic rings. The fourth-order valence-electron chi connectivity index (χ4n) is 2.28. The fourth-order valence-corrected chi connectivity index (χ4v) is 2.87. The van der Waals surface area contributed by atoms with Crippen molar-refractivity contribution < 1.29 is 9.90 Å². The van der Waals surface area contributed by atoms with Gasteiger partial charge in [0.25, 0.3) is 5.91 Å². The van der Waals surface area contributed by atoms with Crippen LogP contribution >= 0.6 is 15.9 Å². The molecule has 0 aliphatic carbocycles. The van der Waals surface area contributed by atoms with Crippen molar-refractivity contribution in [3.63, 3.8) is 0 Å². The first-order valence-electron chi connectivity index (χ1n) is 7.48. The molecule has 25 heavy (non-hydrogen) atoms. The van der Waals surface area contributed by atoms with Crippen LogP contribution in [0.3, 0.4) is 0 Å². The quantitative estimate of drug-likeness (QED) is 0.462. The minimum Gasteiger partial charge on any atom is -0.507 e. The van der Waals surface area contributed by atoms with Gasteiger partial charge in [-0.3, -0.25) is 9.89 Å². The van der Waals surface area contributed by atoms with Crippen LogP contribution in [0.1, 0.15) is 21.6 Å². The van der Waals surface area contributed by atoms with Gasteiger partial charge in [-0.1, -0.05) is 46.3 Å². The Morgan fingerprint density at radius 2 is 2.04 bits per heavy atom. The zero-order valence-corrected chi connectivity index (χ0v) is 14.9. The number of hydrogen-bond donors (Lipinski definition) is 3. The van der Waals surface area contributed by atoms with Gasteiger partial charge >= 0.3 is 0 Å². The van der Waals surface area contributed by atoms with Crippen molar-refractivity contribution in [3.8, 4) is 17.0 Å². The van der Waals surface area contributed by atoms with E-state index in [2.05, 4.69) is 36.7 Å².